The Kier molecular flexibility index (Phi) is 3.75. The van der Waals surface area contributed by atoms with Gasteiger partial charge in [-0.15, -0.1) is 0 Å². The molecule has 2 aliphatic rings. The van der Waals surface area contributed by atoms with Crippen molar-refractivity contribution in [3.8, 4) is 0 Å². The van der Waals surface area contributed by atoms with Crippen LogP contribution in [0.2, 0.25) is 0 Å². The average Bonchev–Trinajstić information content (AvgIpc) is 2.87. The summed E-state index contributed by atoms with van der Waals surface area (Å²) in [4.78, 5) is 8.79. The number of rotatable bonds is 2. The van der Waals surface area contributed by atoms with Crippen LogP contribution in [0.25, 0.3) is 5.70 Å². The Labute approximate surface area is 139 Å². The van der Waals surface area contributed by atoms with E-state index in [2.05, 4.69) is 16.2 Å². The fourth-order valence-electron chi connectivity index (χ4n) is 2.69. The molecule has 0 radical (unpaired) electrons. The van der Waals surface area contributed by atoms with E-state index in [0.29, 0.717) is 0 Å². The van der Waals surface area contributed by atoms with E-state index < -0.39 is 0 Å². The summed E-state index contributed by atoms with van der Waals surface area (Å²) in [5.74, 6) is 0.533. The summed E-state index contributed by atoms with van der Waals surface area (Å²) in [6.07, 6.45) is 11.2. The van der Waals surface area contributed by atoms with Crippen molar-refractivity contribution in [3.63, 3.8) is 0 Å². The molecule has 0 N–H and O–H groups in total. The van der Waals surface area contributed by atoms with Crippen molar-refractivity contribution in [2.24, 2.45) is 10.1 Å². The first-order valence-corrected chi connectivity index (χ1v) is 7.81. The van der Waals surface area contributed by atoms with Gasteiger partial charge in [-0.1, -0.05) is 0 Å². The first-order valence-electron chi connectivity index (χ1n) is 7.81. The van der Waals surface area contributed by atoms with Crippen LogP contribution >= 0.6 is 0 Å². The lowest BCUT2D eigenvalue weighted by Gasteiger charge is -2.26. The fourth-order valence-corrected chi connectivity index (χ4v) is 2.69. The highest BCUT2D eigenvalue weighted by Gasteiger charge is 2.22. The predicted molar refractivity (Wildman–Crippen MR) is 92.8 cm³/mol. The third-order valence-electron chi connectivity index (χ3n) is 3.89. The largest absolute Gasteiger partial charge is 0.265 e. The summed E-state index contributed by atoms with van der Waals surface area (Å²) >= 11 is 0. The Morgan fingerprint density at radius 3 is 2.50 bits per heavy atom. The molecule has 118 valence electrons. The molecule has 0 amide bonds. The molecule has 5 heteroatoms. The van der Waals surface area contributed by atoms with Gasteiger partial charge in [-0.3, -0.25) is 4.98 Å². The molecular formula is C19H15FN4. The average molecular weight is 318 g/mol. The van der Waals surface area contributed by atoms with Gasteiger partial charge in [-0.05, 0) is 61.4 Å². The molecule has 2 aliphatic heterocycles. The summed E-state index contributed by atoms with van der Waals surface area (Å²) < 4.78 is 13.2. The highest BCUT2D eigenvalue weighted by atomic mass is 19.1. The van der Waals surface area contributed by atoms with E-state index in [1.807, 2.05) is 29.4 Å². The summed E-state index contributed by atoms with van der Waals surface area (Å²) in [6, 6.07) is 10.3. The van der Waals surface area contributed by atoms with Crippen LogP contribution in [0.1, 0.15) is 24.0 Å². The minimum absolute atomic E-state index is 0.256. The summed E-state index contributed by atoms with van der Waals surface area (Å²) in [6.45, 7) is 0. The van der Waals surface area contributed by atoms with Gasteiger partial charge in [0, 0.05) is 29.7 Å². The van der Waals surface area contributed by atoms with Gasteiger partial charge in [-0.25, -0.2) is 14.4 Å². The Balaban J connectivity index is 1.85. The molecule has 1 aromatic heterocycles. The van der Waals surface area contributed by atoms with E-state index in [-0.39, 0.29) is 5.82 Å². The smallest absolute Gasteiger partial charge is 0.150 e. The van der Waals surface area contributed by atoms with Crippen LogP contribution < -0.4 is 0 Å². The highest BCUT2D eigenvalue weighted by Crippen LogP contribution is 2.31. The van der Waals surface area contributed by atoms with Crippen molar-refractivity contribution in [2.45, 2.75) is 12.8 Å². The summed E-state index contributed by atoms with van der Waals surface area (Å²) in [7, 11) is 0. The lowest BCUT2D eigenvalue weighted by molar-refractivity contribution is 0.517. The number of fused-ring (bicyclic) bond motifs is 1. The molecule has 24 heavy (non-hydrogen) atoms. The molecule has 0 aliphatic carbocycles. The number of aliphatic imine (C=N–C) groups is 1. The van der Waals surface area contributed by atoms with E-state index in [1.54, 1.807) is 24.5 Å². The maximum Gasteiger partial charge on any atom is 0.150 e. The monoisotopic (exact) mass is 318 g/mol. The number of nitrogens with zero attached hydrogens (tertiary/aromatic N) is 4. The van der Waals surface area contributed by atoms with Crippen LogP contribution in [0.15, 0.2) is 76.9 Å². The third kappa shape index (κ3) is 2.76. The van der Waals surface area contributed by atoms with Gasteiger partial charge < -0.3 is 0 Å². The molecule has 0 saturated heterocycles. The molecule has 0 saturated carbocycles. The minimum atomic E-state index is -0.256. The van der Waals surface area contributed by atoms with Crippen molar-refractivity contribution in [2.75, 3.05) is 0 Å². The Morgan fingerprint density at radius 2 is 1.71 bits per heavy atom. The lowest BCUT2D eigenvalue weighted by Crippen LogP contribution is -2.20. The molecule has 0 atom stereocenters. The minimum Gasteiger partial charge on any atom is -0.265 e. The predicted octanol–water partition coefficient (Wildman–Crippen LogP) is 3.99. The quantitative estimate of drug-likeness (QED) is 0.840. The van der Waals surface area contributed by atoms with Gasteiger partial charge in [-0.2, -0.15) is 5.10 Å². The van der Waals surface area contributed by atoms with Gasteiger partial charge in [0.2, 0.25) is 0 Å². The molecule has 0 bridgehead atoms. The number of hydrogen-bond acceptors (Lipinski definition) is 4. The third-order valence-corrected chi connectivity index (χ3v) is 3.89. The van der Waals surface area contributed by atoms with Gasteiger partial charge in [0.05, 0.1) is 11.4 Å². The van der Waals surface area contributed by atoms with Crippen LogP contribution in [0.5, 0.6) is 0 Å². The number of hydrazone groups is 1. The molecule has 3 heterocycles. The van der Waals surface area contributed by atoms with Gasteiger partial charge in [0.25, 0.3) is 0 Å². The number of aromatic nitrogens is 1. The zero-order valence-corrected chi connectivity index (χ0v) is 12.9. The van der Waals surface area contributed by atoms with Crippen LogP contribution in [0.3, 0.4) is 0 Å². The lowest BCUT2D eigenvalue weighted by atomic mass is 10.0. The fraction of sp³-hybridized carbons (Fsp3) is 0.105. The Hall–Kier alpha value is -3.08. The van der Waals surface area contributed by atoms with Gasteiger partial charge in [0.1, 0.15) is 5.82 Å². The van der Waals surface area contributed by atoms with Crippen molar-refractivity contribution in [3.05, 3.63) is 83.7 Å². The maximum absolute atomic E-state index is 13.2. The maximum atomic E-state index is 13.2. The van der Waals surface area contributed by atoms with Gasteiger partial charge >= 0.3 is 0 Å². The SMILES string of the molecule is Fc1ccc(C2=NC3=CCCC=NN3C(c3ccncc3)=C2)cc1. The zero-order valence-electron chi connectivity index (χ0n) is 12.9. The number of halogens is 1. The Bertz CT molecular complexity index is 864. The second kappa shape index (κ2) is 6.20. The molecule has 0 spiro atoms. The topological polar surface area (TPSA) is 40.9 Å². The molecule has 4 rings (SSSR count). The summed E-state index contributed by atoms with van der Waals surface area (Å²) in [5, 5.41) is 6.37. The van der Waals surface area contributed by atoms with E-state index in [0.717, 1.165) is 41.2 Å². The highest BCUT2D eigenvalue weighted by molar-refractivity contribution is 6.13. The van der Waals surface area contributed by atoms with Crippen LogP contribution in [-0.4, -0.2) is 21.9 Å². The first kappa shape index (κ1) is 14.5. The zero-order chi connectivity index (χ0) is 16.4. The van der Waals surface area contributed by atoms with Crippen molar-refractivity contribution in [1.29, 1.82) is 0 Å². The molecule has 4 nitrogen and oxygen atoms in total. The Morgan fingerprint density at radius 1 is 0.917 bits per heavy atom. The number of hydrogen-bond donors (Lipinski definition) is 0. The van der Waals surface area contributed by atoms with Crippen LogP contribution in [0, 0.1) is 5.82 Å². The van der Waals surface area contributed by atoms with Crippen molar-refractivity contribution in [1.82, 2.24) is 9.99 Å². The van der Waals surface area contributed by atoms with Crippen LogP contribution in [-0.2, 0) is 0 Å². The standard InChI is InChI=1S/C19H15FN4/c20-16-6-4-14(5-7-16)17-13-18(15-8-11-21-12-9-15)24-19(23-17)3-1-2-10-22-24/h3-13H,1-2H2. The normalized spacial score (nSPS) is 16.7. The molecule has 0 unspecified atom stereocenters. The molecule has 0 fully saturated rings. The van der Waals surface area contributed by atoms with E-state index in [4.69, 9.17) is 4.99 Å². The van der Waals surface area contributed by atoms with Gasteiger partial charge in [0.15, 0.2) is 5.82 Å². The van der Waals surface area contributed by atoms with Crippen LogP contribution in [0.4, 0.5) is 4.39 Å². The number of allylic oxidation sites excluding steroid dienone is 2. The van der Waals surface area contributed by atoms with E-state index in [1.165, 1.54) is 12.1 Å². The second-order valence-corrected chi connectivity index (χ2v) is 5.52. The second-order valence-electron chi connectivity index (χ2n) is 5.52. The van der Waals surface area contributed by atoms with Crippen molar-refractivity contribution >= 4 is 17.6 Å². The van der Waals surface area contributed by atoms with E-state index >= 15 is 0 Å². The van der Waals surface area contributed by atoms with Crippen molar-refractivity contribution < 1.29 is 4.39 Å². The summed E-state index contributed by atoms with van der Waals surface area (Å²) in [5.41, 5.74) is 3.60. The molecule has 1 aromatic carbocycles. The van der Waals surface area contributed by atoms with E-state index in [9.17, 15) is 4.39 Å². The molecule has 2 aromatic rings. The number of benzene rings is 1. The number of pyridine rings is 1. The molecular weight excluding hydrogens is 303 g/mol. The first-order chi connectivity index (χ1) is 11.8.